The van der Waals surface area contributed by atoms with Gasteiger partial charge in [0.1, 0.15) is 12.3 Å². The van der Waals surface area contributed by atoms with Gasteiger partial charge in [0.15, 0.2) is 24.3 Å². The van der Waals surface area contributed by atoms with Crippen LogP contribution in [0.2, 0.25) is 0 Å². The van der Waals surface area contributed by atoms with Gasteiger partial charge in [-0.3, -0.25) is 19.4 Å². The summed E-state index contributed by atoms with van der Waals surface area (Å²) in [6.07, 6.45) is 20.1. The molecule has 6 aliphatic rings. The van der Waals surface area contributed by atoms with Crippen LogP contribution in [0.25, 0.3) is 0 Å². The lowest BCUT2D eigenvalue weighted by Gasteiger charge is -2.58. The lowest BCUT2D eigenvalue weighted by molar-refractivity contribution is -0.902. The molecule has 8 rings (SSSR count). The zero-order valence-corrected chi connectivity index (χ0v) is 45.4. The molecule has 5 aliphatic carbocycles. The second kappa shape index (κ2) is 24.7. The summed E-state index contributed by atoms with van der Waals surface area (Å²) in [5.74, 6) is 0.852. The number of aliphatic hydroxyl groups is 1. The largest absolute Gasteiger partial charge is 0.524 e. The highest BCUT2D eigenvalue weighted by Crippen LogP contribution is 2.70. The number of aliphatic hydroxyl groups excluding tert-OH is 1. The number of rotatable bonds is 26. The zero-order valence-electron chi connectivity index (χ0n) is 44.5. The first-order chi connectivity index (χ1) is 35.4. The molecule has 4 saturated carbocycles. The molecule has 1 unspecified atom stereocenters. The van der Waals surface area contributed by atoms with Crippen molar-refractivity contribution in [3.8, 4) is 5.75 Å². The highest BCUT2D eigenvalue weighted by molar-refractivity contribution is 7.46. The van der Waals surface area contributed by atoms with Crippen molar-refractivity contribution >= 4 is 25.5 Å². The standard InChI is InChI=1S/C58H84N3O12P/c1-56-28-26-46(62)36-45(56)23-24-47-48(56)27-29-57(2)49(47)37-53-58(57,72-54(71-53)42-20-11-8-12-21-42)52(64)40-70-55(65)60-31-32-61(3,4)39-44-35-43(22-25-51(44)73-74(66,67)68)50(63)38-59-30-14-5-6-15-33-69-34-16-13-19-41-17-9-7-10-18-41/h7,9-10,17-18,22,25-26,28,35-36,42,47-50,53-54,59,63H,5-6,8,11-16,19-21,23-24,27,29-34,37-40H2,1-4H3,(H2-,60,65,66,67,68)/p+1/t47-,48+,49+,50?,53-,54-,56+,57+,58-/m1/s1. The van der Waals surface area contributed by atoms with E-state index in [0.29, 0.717) is 42.5 Å². The van der Waals surface area contributed by atoms with Gasteiger partial charge in [-0.1, -0.05) is 94.0 Å². The normalized spacial score (nSPS) is 29.1. The predicted octanol–water partition coefficient (Wildman–Crippen LogP) is 9.23. The number of likely N-dealkylation sites (N-methyl/N-ethyl adjacent to an activating group) is 1. The fraction of sp³-hybridized carbons (Fsp3) is 0.672. The van der Waals surface area contributed by atoms with Crippen molar-refractivity contribution in [1.82, 2.24) is 10.6 Å². The molecular weight excluding hydrogens is 962 g/mol. The molecular formula is C58H85N3O12P+. The number of phosphoric ester groups is 1. The van der Waals surface area contributed by atoms with E-state index in [9.17, 15) is 33.8 Å². The summed E-state index contributed by atoms with van der Waals surface area (Å²) in [6, 6.07) is 15.3. The van der Waals surface area contributed by atoms with Crippen molar-refractivity contribution in [2.75, 3.05) is 60.1 Å². The first kappa shape index (κ1) is 56.4. The SMILES string of the molecule is C[C@]12C=CC(=O)C=C1CC[C@@H]1[C@@H]2CC[C@@]2(C)[C@H]1C[C@H]1O[C@@H](C3CCCCC3)O[C@]12C(=O)COC(=O)NCC[N+](C)(C)Cc1cc(C(O)CNCCCCCCOCCCCc2ccccc2)ccc1OP(=O)(O)O. The number of allylic oxidation sites excluding steroid dienone is 4. The van der Waals surface area contributed by atoms with Crippen molar-refractivity contribution in [3.63, 3.8) is 0 Å². The predicted molar refractivity (Wildman–Crippen MR) is 282 cm³/mol. The molecule has 1 saturated heterocycles. The first-order valence-electron chi connectivity index (χ1n) is 27.8. The summed E-state index contributed by atoms with van der Waals surface area (Å²) >= 11 is 0. The molecule has 5 N–H and O–H groups in total. The Balaban J connectivity index is 0.802. The summed E-state index contributed by atoms with van der Waals surface area (Å²) in [4.78, 5) is 60.2. The lowest BCUT2D eigenvalue weighted by atomic mass is 9.47. The Morgan fingerprint density at radius 1 is 0.919 bits per heavy atom. The monoisotopic (exact) mass is 1050 g/mol. The van der Waals surface area contributed by atoms with Crippen LogP contribution in [0.3, 0.4) is 0 Å². The van der Waals surface area contributed by atoms with Crippen molar-refractivity contribution in [2.24, 2.45) is 34.5 Å². The molecule has 408 valence electrons. The Kier molecular flexibility index (Phi) is 18.8. The molecule has 0 spiro atoms. The molecule has 1 amide bonds. The van der Waals surface area contributed by atoms with Gasteiger partial charge in [-0.05, 0) is 137 Å². The average Bonchev–Trinajstić information content (AvgIpc) is 3.88. The Hall–Kier alpha value is -3.76. The first-order valence-corrected chi connectivity index (χ1v) is 29.4. The van der Waals surface area contributed by atoms with E-state index in [2.05, 4.69) is 54.8 Å². The molecule has 74 heavy (non-hydrogen) atoms. The number of phosphoric acid groups is 1. The van der Waals surface area contributed by atoms with Crippen LogP contribution in [0, 0.1) is 34.5 Å². The van der Waals surface area contributed by atoms with Gasteiger partial charge >= 0.3 is 13.9 Å². The van der Waals surface area contributed by atoms with E-state index < -0.39 is 50.0 Å². The van der Waals surface area contributed by atoms with Crippen LogP contribution in [0.15, 0.2) is 72.3 Å². The molecule has 0 bridgehead atoms. The highest BCUT2D eigenvalue weighted by atomic mass is 31.2. The lowest BCUT2D eigenvalue weighted by Crippen LogP contribution is -2.61. The number of hydrogen-bond acceptors (Lipinski definition) is 11. The van der Waals surface area contributed by atoms with E-state index in [4.69, 9.17) is 23.5 Å². The van der Waals surface area contributed by atoms with Crippen LogP contribution in [-0.4, -0.2) is 115 Å². The number of aryl methyl sites for hydroxylation is 1. The van der Waals surface area contributed by atoms with Crippen LogP contribution in [0.4, 0.5) is 4.79 Å². The number of Topliss-reactive ketones (excluding diaryl/α,β-unsaturated/α-hetero) is 1. The van der Waals surface area contributed by atoms with Crippen molar-refractivity contribution in [3.05, 3.63) is 89.0 Å². The minimum Gasteiger partial charge on any atom is -0.441 e. The van der Waals surface area contributed by atoms with Crippen molar-refractivity contribution < 1.29 is 61.8 Å². The third-order valence-electron chi connectivity index (χ3n) is 17.9. The minimum absolute atomic E-state index is 0.00919. The number of nitrogens with one attached hydrogen (secondary N) is 2. The molecule has 16 heteroatoms. The van der Waals surface area contributed by atoms with E-state index in [1.165, 1.54) is 23.6 Å². The number of hydrogen-bond donors (Lipinski definition) is 5. The summed E-state index contributed by atoms with van der Waals surface area (Å²) in [6.45, 7) is 7.46. The third-order valence-corrected chi connectivity index (χ3v) is 18.4. The fourth-order valence-corrected chi connectivity index (χ4v) is 14.4. The van der Waals surface area contributed by atoms with Crippen molar-refractivity contribution in [2.45, 2.75) is 154 Å². The summed E-state index contributed by atoms with van der Waals surface area (Å²) in [5, 5.41) is 17.3. The topological polar surface area (TPSA) is 199 Å². The van der Waals surface area contributed by atoms with Gasteiger partial charge in [0.25, 0.3) is 0 Å². The number of carbonyl (C=O) groups is 3. The van der Waals surface area contributed by atoms with Gasteiger partial charge < -0.3 is 43.7 Å². The molecule has 2 aromatic rings. The van der Waals surface area contributed by atoms with Crippen LogP contribution in [-0.2, 0) is 46.1 Å². The molecule has 5 fully saturated rings. The molecule has 9 atom stereocenters. The Morgan fingerprint density at radius 3 is 2.45 bits per heavy atom. The van der Waals surface area contributed by atoms with E-state index >= 15 is 0 Å². The molecule has 1 heterocycles. The smallest absolute Gasteiger partial charge is 0.441 e. The van der Waals surface area contributed by atoms with Gasteiger partial charge in [0.05, 0.1) is 39.4 Å². The average molecular weight is 1050 g/mol. The number of quaternary nitrogens is 1. The number of ether oxygens (including phenoxy) is 4. The number of unbranched alkanes of at least 4 members (excludes halogenated alkanes) is 4. The van der Waals surface area contributed by atoms with Gasteiger partial charge in [-0.15, -0.1) is 0 Å². The Labute approximate surface area is 439 Å². The summed E-state index contributed by atoms with van der Waals surface area (Å²) in [7, 11) is -1.06. The van der Waals surface area contributed by atoms with Gasteiger partial charge in [0, 0.05) is 42.1 Å². The minimum atomic E-state index is -4.90. The third kappa shape index (κ3) is 13.3. The zero-order chi connectivity index (χ0) is 52.6. The maximum Gasteiger partial charge on any atom is 0.524 e. The van der Waals surface area contributed by atoms with E-state index in [1.54, 1.807) is 18.2 Å². The summed E-state index contributed by atoms with van der Waals surface area (Å²) in [5.41, 5.74) is 1.67. The number of nitrogens with zero attached hydrogens (tertiary/aromatic N) is 1. The van der Waals surface area contributed by atoms with Crippen LogP contribution < -0.4 is 15.2 Å². The Bertz CT molecular complexity index is 2350. The number of alkyl carbamates (subject to hydrolysis) is 1. The molecule has 2 aromatic carbocycles. The number of benzene rings is 2. The number of fused-ring (bicyclic) bond motifs is 7. The van der Waals surface area contributed by atoms with Crippen molar-refractivity contribution in [1.29, 1.82) is 0 Å². The summed E-state index contributed by atoms with van der Waals surface area (Å²) < 4.78 is 42.9. The number of amides is 1. The van der Waals surface area contributed by atoms with Gasteiger partial charge in [-0.2, -0.15) is 0 Å². The number of ketones is 2. The van der Waals surface area contributed by atoms with Gasteiger partial charge in [-0.25, -0.2) is 9.36 Å². The highest BCUT2D eigenvalue weighted by Gasteiger charge is 2.75. The second-order valence-electron chi connectivity index (χ2n) is 23.4. The second-order valence-corrected chi connectivity index (χ2v) is 24.6. The number of carbonyl (C=O) groups excluding carboxylic acids is 3. The molecule has 15 nitrogen and oxygen atoms in total. The van der Waals surface area contributed by atoms with Crippen LogP contribution in [0.5, 0.6) is 5.75 Å². The van der Waals surface area contributed by atoms with E-state index in [-0.39, 0.29) is 52.1 Å². The van der Waals surface area contributed by atoms with Crippen LogP contribution >= 0.6 is 7.82 Å². The molecule has 0 radical (unpaired) electrons. The van der Waals surface area contributed by atoms with Crippen LogP contribution in [0.1, 0.15) is 139 Å². The molecule has 1 aliphatic heterocycles. The maximum atomic E-state index is 14.9. The maximum absolute atomic E-state index is 14.9. The van der Waals surface area contributed by atoms with E-state index in [1.807, 2.05) is 26.2 Å². The Morgan fingerprint density at radius 2 is 1.68 bits per heavy atom. The van der Waals surface area contributed by atoms with E-state index in [0.717, 1.165) is 116 Å². The fourth-order valence-electron chi connectivity index (χ4n) is 14.0. The molecule has 0 aromatic heterocycles. The quantitative estimate of drug-likeness (QED) is 0.0340. The van der Waals surface area contributed by atoms with Gasteiger partial charge in [0.2, 0.25) is 5.78 Å².